The van der Waals surface area contributed by atoms with Gasteiger partial charge in [0.15, 0.2) is 0 Å². The predicted molar refractivity (Wildman–Crippen MR) is 103 cm³/mol. The Hall–Kier alpha value is -3.20. The minimum Gasteiger partial charge on any atom is -0.366 e. The van der Waals surface area contributed by atoms with Crippen molar-refractivity contribution in [2.45, 2.75) is 24.8 Å². The van der Waals surface area contributed by atoms with Crippen molar-refractivity contribution in [1.82, 2.24) is 10.2 Å². The molecule has 1 saturated heterocycles. The third-order valence-electron chi connectivity index (χ3n) is 5.14. The number of thiophene rings is 1. The highest BCUT2D eigenvalue weighted by Gasteiger charge is 2.54. The normalized spacial score (nSPS) is 20.8. The van der Waals surface area contributed by atoms with Crippen LogP contribution in [0.15, 0.2) is 35.7 Å². The van der Waals surface area contributed by atoms with Crippen LogP contribution in [0.3, 0.4) is 0 Å². The molecule has 1 atom stereocenters. The van der Waals surface area contributed by atoms with Crippen molar-refractivity contribution >= 4 is 40.1 Å². The van der Waals surface area contributed by atoms with Gasteiger partial charge in [-0.15, -0.1) is 11.3 Å². The number of nitrogens with one attached hydrogen (secondary N) is 2. The van der Waals surface area contributed by atoms with Gasteiger partial charge in [0, 0.05) is 0 Å². The Morgan fingerprint density at radius 3 is 2.82 bits per heavy atom. The first-order chi connectivity index (χ1) is 13.4. The minimum atomic E-state index is -1.12. The van der Waals surface area contributed by atoms with Crippen molar-refractivity contribution in [1.29, 1.82) is 0 Å². The first-order valence-electron chi connectivity index (χ1n) is 8.82. The van der Waals surface area contributed by atoms with E-state index in [2.05, 4.69) is 10.6 Å². The number of primary amides is 1. The number of benzene rings is 1. The van der Waals surface area contributed by atoms with Crippen molar-refractivity contribution in [3.8, 4) is 0 Å². The monoisotopic (exact) mass is 398 g/mol. The largest absolute Gasteiger partial charge is 0.366 e. The average molecular weight is 398 g/mol. The maximum atomic E-state index is 13.2. The van der Waals surface area contributed by atoms with Gasteiger partial charge in [-0.2, -0.15) is 0 Å². The van der Waals surface area contributed by atoms with Crippen LogP contribution in [0.2, 0.25) is 0 Å². The fraction of sp³-hybridized carbons (Fsp3) is 0.263. The lowest BCUT2D eigenvalue weighted by molar-refractivity contribution is -0.134. The molecule has 1 aliphatic carbocycles. The number of amides is 5. The third kappa shape index (κ3) is 2.84. The molecule has 1 spiro atoms. The predicted octanol–water partition coefficient (Wildman–Crippen LogP) is 1.57. The molecule has 0 radical (unpaired) electrons. The first-order valence-corrected chi connectivity index (χ1v) is 9.70. The third-order valence-corrected chi connectivity index (χ3v) is 5.97. The number of nitrogens with zero attached hydrogens (tertiary/aromatic N) is 1. The standard InChI is InChI=1S/C19H18N4O4S/c20-15(25)12-7-9-28-16(12)21-14(24)10-23-17(26)19(22-18(23)27)8-3-5-11-4-1-2-6-13(11)19/h1-2,4,6-7,9H,3,5,8,10H2,(H2,20,25)(H,21,24)(H,22,27)/t19-/m0/s1. The van der Waals surface area contributed by atoms with Crippen molar-refractivity contribution in [3.63, 3.8) is 0 Å². The number of hydrogen-bond acceptors (Lipinski definition) is 5. The van der Waals surface area contributed by atoms with Crippen molar-refractivity contribution < 1.29 is 19.2 Å². The molecule has 8 nitrogen and oxygen atoms in total. The lowest BCUT2D eigenvalue weighted by Gasteiger charge is -2.33. The zero-order valence-electron chi connectivity index (χ0n) is 14.9. The van der Waals surface area contributed by atoms with E-state index in [1.54, 1.807) is 5.38 Å². The Bertz CT molecular complexity index is 1000. The molecular formula is C19H18N4O4S. The summed E-state index contributed by atoms with van der Waals surface area (Å²) in [7, 11) is 0. The summed E-state index contributed by atoms with van der Waals surface area (Å²) in [6, 6.07) is 8.45. The van der Waals surface area contributed by atoms with E-state index >= 15 is 0 Å². The van der Waals surface area contributed by atoms with E-state index in [9.17, 15) is 19.2 Å². The van der Waals surface area contributed by atoms with Gasteiger partial charge in [-0.25, -0.2) is 4.79 Å². The Balaban J connectivity index is 1.55. The van der Waals surface area contributed by atoms with Crippen LogP contribution in [0.4, 0.5) is 9.80 Å². The van der Waals surface area contributed by atoms with Gasteiger partial charge in [0.05, 0.1) is 5.56 Å². The smallest absolute Gasteiger partial charge is 0.325 e. The fourth-order valence-electron chi connectivity index (χ4n) is 3.86. The number of hydrogen-bond donors (Lipinski definition) is 3. The Morgan fingerprint density at radius 2 is 2.04 bits per heavy atom. The maximum absolute atomic E-state index is 13.2. The summed E-state index contributed by atoms with van der Waals surface area (Å²) < 4.78 is 0. The minimum absolute atomic E-state index is 0.188. The lowest BCUT2D eigenvalue weighted by atomic mass is 9.76. The molecule has 1 fully saturated rings. The van der Waals surface area contributed by atoms with E-state index in [0.29, 0.717) is 11.4 Å². The molecule has 0 bridgehead atoms. The number of aryl methyl sites for hydroxylation is 1. The van der Waals surface area contributed by atoms with Gasteiger partial charge >= 0.3 is 6.03 Å². The second kappa shape index (κ2) is 6.75. The van der Waals surface area contributed by atoms with E-state index in [1.807, 2.05) is 24.3 Å². The van der Waals surface area contributed by atoms with E-state index < -0.39 is 35.8 Å². The zero-order chi connectivity index (χ0) is 19.9. The molecule has 2 aromatic rings. The Morgan fingerprint density at radius 1 is 1.25 bits per heavy atom. The summed E-state index contributed by atoms with van der Waals surface area (Å²) in [4.78, 5) is 50.4. The summed E-state index contributed by atoms with van der Waals surface area (Å²) in [6.07, 6.45) is 2.10. The molecule has 4 N–H and O–H groups in total. The summed E-state index contributed by atoms with van der Waals surface area (Å²) in [5.74, 6) is -1.67. The highest BCUT2D eigenvalue weighted by molar-refractivity contribution is 7.14. The van der Waals surface area contributed by atoms with E-state index in [-0.39, 0.29) is 5.56 Å². The molecule has 4 rings (SSSR count). The summed E-state index contributed by atoms with van der Waals surface area (Å²) in [5.41, 5.74) is 6.15. The SMILES string of the molecule is NC(=O)c1ccsc1NC(=O)CN1C(=O)N[C@]2(CCCc3ccccc32)C1=O. The second-order valence-electron chi connectivity index (χ2n) is 6.81. The number of carbonyl (C=O) groups excluding carboxylic acids is 4. The van der Waals surface area contributed by atoms with E-state index in [1.165, 1.54) is 6.07 Å². The zero-order valence-corrected chi connectivity index (χ0v) is 15.7. The molecule has 2 heterocycles. The Labute approximate surface area is 164 Å². The molecule has 1 aliphatic heterocycles. The number of rotatable bonds is 4. The summed E-state index contributed by atoms with van der Waals surface area (Å²) >= 11 is 1.14. The van der Waals surface area contributed by atoms with Crippen LogP contribution in [0.1, 0.15) is 34.3 Å². The van der Waals surface area contributed by atoms with Crippen LogP contribution in [-0.4, -0.2) is 35.2 Å². The topological polar surface area (TPSA) is 122 Å². The Kier molecular flexibility index (Phi) is 4.38. The molecular weight excluding hydrogens is 380 g/mol. The van der Waals surface area contributed by atoms with Crippen LogP contribution in [0, 0.1) is 0 Å². The van der Waals surface area contributed by atoms with Gasteiger partial charge in [-0.05, 0) is 41.8 Å². The molecule has 1 aromatic carbocycles. The van der Waals surface area contributed by atoms with E-state index in [4.69, 9.17) is 5.73 Å². The highest BCUT2D eigenvalue weighted by atomic mass is 32.1. The molecule has 1 aromatic heterocycles. The van der Waals surface area contributed by atoms with Gasteiger partial charge in [0.2, 0.25) is 5.91 Å². The van der Waals surface area contributed by atoms with Crippen molar-refractivity contribution in [3.05, 3.63) is 52.4 Å². The van der Waals surface area contributed by atoms with Crippen molar-refractivity contribution in [2.24, 2.45) is 5.73 Å². The number of anilines is 1. The van der Waals surface area contributed by atoms with Crippen LogP contribution in [0.5, 0.6) is 0 Å². The van der Waals surface area contributed by atoms with Gasteiger partial charge in [0.25, 0.3) is 11.8 Å². The van der Waals surface area contributed by atoms with Gasteiger partial charge < -0.3 is 16.4 Å². The molecule has 0 unspecified atom stereocenters. The lowest BCUT2D eigenvalue weighted by Crippen LogP contribution is -2.47. The first kappa shape index (κ1) is 18.2. The summed E-state index contributed by atoms with van der Waals surface area (Å²) in [5, 5.41) is 7.28. The average Bonchev–Trinajstić information content (AvgIpc) is 3.21. The van der Waals surface area contributed by atoms with Crippen molar-refractivity contribution in [2.75, 3.05) is 11.9 Å². The van der Waals surface area contributed by atoms with Crippen LogP contribution >= 0.6 is 11.3 Å². The van der Waals surface area contributed by atoms with Crippen LogP contribution < -0.4 is 16.4 Å². The quantitative estimate of drug-likeness (QED) is 0.677. The second-order valence-corrected chi connectivity index (χ2v) is 7.73. The number of carbonyl (C=O) groups is 4. The highest BCUT2D eigenvalue weighted by Crippen LogP contribution is 2.39. The number of urea groups is 1. The molecule has 0 saturated carbocycles. The number of imide groups is 1. The van der Waals surface area contributed by atoms with E-state index in [0.717, 1.165) is 40.2 Å². The van der Waals surface area contributed by atoms with Gasteiger partial charge in [0.1, 0.15) is 17.1 Å². The fourth-order valence-corrected chi connectivity index (χ4v) is 4.67. The molecule has 2 aliphatic rings. The molecule has 28 heavy (non-hydrogen) atoms. The number of nitrogens with two attached hydrogens (primary N) is 1. The van der Waals surface area contributed by atoms with Crippen LogP contribution in [0.25, 0.3) is 0 Å². The van der Waals surface area contributed by atoms with Gasteiger partial charge in [-0.1, -0.05) is 24.3 Å². The van der Waals surface area contributed by atoms with Gasteiger partial charge in [-0.3, -0.25) is 19.3 Å². The molecule has 144 valence electrons. The maximum Gasteiger partial charge on any atom is 0.325 e. The molecule has 9 heteroatoms. The summed E-state index contributed by atoms with van der Waals surface area (Å²) in [6.45, 7) is -0.440. The molecule has 5 amide bonds. The van der Waals surface area contributed by atoms with Crippen LogP contribution in [-0.2, 0) is 21.5 Å². The number of fused-ring (bicyclic) bond motifs is 2.